The Morgan fingerprint density at radius 1 is 1.38 bits per heavy atom. The summed E-state index contributed by atoms with van der Waals surface area (Å²) in [5, 5.41) is 0.814. The van der Waals surface area contributed by atoms with Crippen molar-refractivity contribution in [2.45, 2.75) is 6.54 Å². The number of nitrogens with zero attached hydrogens (tertiary/aromatic N) is 2. The average Bonchev–Trinajstić information content (AvgIpc) is 2.58. The summed E-state index contributed by atoms with van der Waals surface area (Å²) >= 11 is 1.52. The third-order valence-electron chi connectivity index (χ3n) is 2.26. The summed E-state index contributed by atoms with van der Waals surface area (Å²) in [6.45, 7) is 0.332. The van der Waals surface area contributed by atoms with Gasteiger partial charge in [-0.15, -0.1) is 11.3 Å². The van der Waals surface area contributed by atoms with Gasteiger partial charge in [-0.2, -0.15) is 4.31 Å². The van der Waals surface area contributed by atoms with Crippen LogP contribution >= 0.6 is 11.3 Å². The molecular formula is C10H12N2O2S2. The van der Waals surface area contributed by atoms with Crippen molar-refractivity contribution in [1.29, 1.82) is 0 Å². The standard InChI is InChI=1S/C10H12N2O2S2/c1-12(16(2,13)14)7-10-11-8-5-3-4-6-9(8)15-10/h3-6H,7H2,1-2H3. The van der Waals surface area contributed by atoms with Crippen LogP contribution in [0.1, 0.15) is 5.01 Å². The summed E-state index contributed by atoms with van der Waals surface area (Å²) in [5.41, 5.74) is 0.921. The zero-order chi connectivity index (χ0) is 11.8. The molecule has 1 aromatic carbocycles. The smallest absolute Gasteiger partial charge is 0.211 e. The lowest BCUT2D eigenvalue weighted by molar-refractivity contribution is 0.471. The number of sulfonamides is 1. The lowest BCUT2D eigenvalue weighted by Gasteiger charge is -2.11. The van der Waals surface area contributed by atoms with Crippen molar-refractivity contribution in [3.63, 3.8) is 0 Å². The highest BCUT2D eigenvalue weighted by atomic mass is 32.2. The predicted molar refractivity (Wildman–Crippen MR) is 65.9 cm³/mol. The van der Waals surface area contributed by atoms with Crippen LogP contribution in [-0.4, -0.2) is 31.0 Å². The molecule has 0 fully saturated rings. The minimum Gasteiger partial charge on any atom is -0.240 e. The SMILES string of the molecule is CN(Cc1nc2ccccc2s1)S(C)(=O)=O. The number of hydrogen-bond donors (Lipinski definition) is 0. The van der Waals surface area contributed by atoms with Crippen molar-refractivity contribution in [3.8, 4) is 0 Å². The van der Waals surface area contributed by atoms with Crippen molar-refractivity contribution >= 4 is 31.6 Å². The first kappa shape index (κ1) is 11.5. The van der Waals surface area contributed by atoms with Gasteiger partial charge < -0.3 is 0 Å². The molecule has 0 bridgehead atoms. The third-order valence-corrected chi connectivity index (χ3v) is 4.54. The maximum absolute atomic E-state index is 11.3. The Labute approximate surface area is 98.6 Å². The molecule has 2 rings (SSSR count). The summed E-state index contributed by atoms with van der Waals surface area (Å²) in [7, 11) is -1.58. The Morgan fingerprint density at radius 2 is 2.06 bits per heavy atom. The predicted octanol–water partition coefficient (Wildman–Crippen LogP) is 1.69. The van der Waals surface area contributed by atoms with E-state index in [9.17, 15) is 8.42 Å². The van der Waals surface area contributed by atoms with Gasteiger partial charge in [0, 0.05) is 7.05 Å². The van der Waals surface area contributed by atoms with E-state index >= 15 is 0 Å². The third kappa shape index (κ3) is 2.40. The number of thiazole rings is 1. The van der Waals surface area contributed by atoms with E-state index in [2.05, 4.69) is 4.98 Å². The average molecular weight is 256 g/mol. The van der Waals surface area contributed by atoms with Crippen LogP contribution in [0.4, 0.5) is 0 Å². The van der Waals surface area contributed by atoms with Crippen LogP contribution in [0.2, 0.25) is 0 Å². The normalized spacial score (nSPS) is 12.4. The Kier molecular flexibility index (Phi) is 2.96. The molecule has 0 aliphatic heterocycles. The van der Waals surface area contributed by atoms with E-state index < -0.39 is 10.0 Å². The molecule has 1 heterocycles. The highest BCUT2D eigenvalue weighted by Gasteiger charge is 2.13. The van der Waals surface area contributed by atoms with Crippen LogP contribution in [0.3, 0.4) is 0 Å². The number of hydrogen-bond acceptors (Lipinski definition) is 4. The number of para-hydroxylation sites is 1. The van der Waals surface area contributed by atoms with Gasteiger partial charge in [-0.1, -0.05) is 12.1 Å². The van der Waals surface area contributed by atoms with Gasteiger partial charge in [0.15, 0.2) is 0 Å². The molecule has 0 aliphatic rings. The Morgan fingerprint density at radius 3 is 2.69 bits per heavy atom. The molecule has 1 aromatic heterocycles. The van der Waals surface area contributed by atoms with Gasteiger partial charge in [-0.05, 0) is 12.1 Å². The van der Waals surface area contributed by atoms with Crippen LogP contribution in [0, 0.1) is 0 Å². The fourth-order valence-corrected chi connectivity index (χ4v) is 2.75. The monoisotopic (exact) mass is 256 g/mol. The van der Waals surface area contributed by atoms with Gasteiger partial charge in [0.1, 0.15) is 5.01 Å². The van der Waals surface area contributed by atoms with Gasteiger partial charge in [-0.3, -0.25) is 0 Å². The molecule has 16 heavy (non-hydrogen) atoms. The van der Waals surface area contributed by atoms with E-state index in [1.165, 1.54) is 21.9 Å². The van der Waals surface area contributed by atoms with E-state index in [1.807, 2.05) is 24.3 Å². The Balaban J connectivity index is 2.29. The molecular weight excluding hydrogens is 244 g/mol. The second-order valence-corrected chi connectivity index (χ2v) is 6.80. The highest BCUT2D eigenvalue weighted by Crippen LogP contribution is 2.22. The van der Waals surface area contributed by atoms with Crippen molar-refractivity contribution in [1.82, 2.24) is 9.29 Å². The molecule has 0 N–H and O–H groups in total. The van der Waals surface area contributed by atoms with E-state index in [1.54, 1.807) is 7.05 Å². The first-order valence-electron chi connectivity index (χ1n) is 4.72. The van der Waals surface area contributed by atoms with Gasteiger partial charge >= 0.3 is 0 Å². The zero-order valence-electron chi connectivity index (χ0n) is 9.04. The molecule has 0 spiro atoms. The fraction of sp³-hybridized carbons (Fsp3) is 0.300. The van der Waals surface area contributed by atoms with Gasteiger partial charge in [0.2, 0.25) is 10.0 Å². The zero-order valence-corrected chi connectivity index (χ0v) is 10.7. The number of aromatic nitrogens is 1. The van der Waals surface area contributed by atoms with E-state index in [4.69, 9.17) is 0 Å². The molecule has 0 aliphatic carbocycles. The molecule has 0 saturated carbocycles. The Bertz CT molecular complexity index is 571. The summed E-state index contributed by atoms with van der Waals surface area (Å²) in [6.07, 6.45) is 1.19. The van der Waals surface area contributed by atoms with Gasteiger partial charge in [0.25, 0.3) is 0 Å². The van der Waals surface area contributed by atoms with Crippen molar-refractivity contribution in [2.24, 2.45) is 0 Å². The second kappa shape index (κ2) is 4.12. The van der Waals surface area contributed by atoms with Crippen molar-refractivity contribution in [3.05, 3.63) is 29.3 Å². The first-order valence-corrected chi connectivity index (χ1v) is 7.39. The molecule has 0 saturated heterocycles. The molecule has 0 atom stereocenters. The molecule has 0 amide bonds. The molecule has 0 unspecified atom stereocenters. The molecule has 0 radical (unpaired) electrons. The number of fused-ring (bicyclic) bond motifs is 1. The van der Waals surface area contributed by atoms with E-state index in [0.29, 0.717) is 6.54 Å². The lowest BCUT2D eigenvalue weighted by Crippen LogP contribution is -2.24. The Hall–Kier alpha value is -0.980. The van der Waals surface area contributed by atoms with Crippen molar-refractivity contribution < 1.29 is 8.42 Å². The molecule has 4 nitrogen and oxygen atoms in total. The minimum atomic E-state index is -3.14. The maximum atomic E-state index is 11.3. The summed E-state index contributed by atoms with van der Waals surface area (Å²) in [5.74, 6) is 0. The van der Waals surface area contributed by atoms with E-state index in [0.717, 1.165) is 15.2 Å². The number of rotatable bonds is 3. The van der Waals surface area contributed by atoms with Crippen LogP contribution in [0.15, 0.2) is 24.3 Å². The van der Waals surface area contributed by atoms with Crippen molar-refractivity contribution in [2.75, 3.05) is 13.3 Å². The quantitative estimate of drug-likeness (QED) is 0.839. The van der Waals surface area contributed by atoms with E-state index in [-0.39, 0.29) is 0 Å². The maximum Gasteiger partial charge on any atom is 0.211 e. The largest absolute Gasteiger partial charge is 0.240 e. The van der Waals surface area contributed by atoms with Gasteiger partial charge in [-0.25, -0.2) is 13.4 Å². The summed E-state index contributed by atoms with van der Waals surface area (Å²) in [6, 6.07) is 7.78. The lowest BCUT2D eigenvalue weighted by atomic mass is 10.3. The van der Waals surface area contributed by atoms with Crippen LogP contribution in [0.25, 0.3) is 10.2 Å². The second-order valence-electron chi connectivity index (χ2n) is 3.59. The fourth-order valence-electron chi connectivity index (χ4n) is 1.30. The molecule has 6 heteroatoms. The highest BCUT2D eigenvalue weighted by molar-refractivity contribution is 7.88. The number of benzene rings is 1. The minimum absolute atomic E-state index is 0.332. The van der Waals surface area contributed by atoms with Crippen LogP contribution in [0.5, 0.6) is 0 Å². The van der Waals surface area contributed by atoms with Crippen LogP contribution in [-0.2, 0) is 16.6 Å². The summed E-state index contributed by atoms with van der Waals surface area (Å²) in [4.78, 5) is 4.38. The summed E-state index contributed by atoms with van der Waals surface area (Å²) < 4.78 is 24.9. The molecule has 2 aromatic rings. The molecule has 86 valence electrons. The van der Waals surface area contributed by atoms with Crippen LogP contribution < -0.4 is 0 Å². The topological polar surface area (TPSA) is 50.3 Å². The van der Waals surface area contributed by atoms with Gasteiger partial charge in [0.05, 0.1) is 23.0 Å². The first-order chi connectivity index (χ1) is 7.47.